The van der Waals surface area contributed by atoms with Crippen molar-refractivity contribution < 1.29 is 77.8 Å². The number of carbonyl (C=O) groups is 1. The maximum absolute atomic E-state index is 13.3. The summed E-state index contributed by atoms with van der Waals surface area (Å²) in [5.41, 5.74) is -3.11. The predicted molar refractivity (Wildman–Crippen MR) is 130 cm³/mol. The van der Waals surface area contributed by atoms with Crippen molar-refractivity contribution >= 4 is 5.91 Å². The fourth-order valence-corrected chi connectivity index (χ4v) is 4.70. The molecule has 0 saturated carbocycles. The molecule has 9 N–H and O–H groups in total. The number of alkyl halides is 3. The molecule has 0 aromatic heterocycles. The summed E-state index contributed by atoms with van der Waals surface area (Å²) in [5, 5.41) is 87.9. The maximum atomic E-state index is 13.3. The van der Waals surface area contributed by atoms with E-state index in [2.05, 4.69) is 15.5 Å². The van der Waals surface area contributed by atoms with Crippen molar-refractivity contribution in [2.75, 3.05) is 26.4 Å². The minimum absolute atomic E-state index is 0.104. The highest BCUT2D eigenvalue weighted by molar-refractivity contribution is 5.94. The molecule has 2 saturated heterocycles. The van der Waals surface area contributed by atoms with Crippen LogP contribution < -0.4 is 5.32 Å². The second kappa shape index (κ2) is 13.3. The van der Waals surface area contributed by atoms with Gasteiger partial charge in [-0.2, -0.15) is 13.2 Å². The van der Waals surface area contributed by atoms with Crippen LogP contribution in [0.2, 0.25) is 0 Å². The van der Waals surface area contributed by atoms with E-state index < -0.39 is 112 Å². The van der Waals surface area contributed by atoms with Crippen LogP contribution in [0, 0.1) is 0 Å². The summed E-state index contributed by atoms with van der Waals surface area (Å²) >= 11 is 0. The molecular formula is C24H32F3N3O13. The first-order valence-corrected chi connectivity index (χ1v) is 13.0. The summed E-state index contributed by atoms with van der Waals surface area (Å²) in [6, 6.07) is 3.04. The number of halogens is 3. The molecule has 3 aliphatic heterocycles. The number of hydrogen-bond acceptors (Lipinski definition) is 15. The van der Waals surface area contributed by atoms with Crippen LogP contribution in [0.25, 0.3) is 0 Å². The van der Waals surface area contributed by atoms with Gasteiger partial charge in [0.05, 0.1) is 32.5 Å². The molecule has 0 aliphatic carbocycles. The normalized spacial score (nSPS) is 36.3. The number of hydrogen-bond donors (Lipinski definition) is 9. The van der Waals surface area contributed by atoms with Gasteiger partial charge in [0.2, 0.25) is 0 Å². The van der Waals surface area contributed by atoms with Gasteiger partial charge in [-0.3, -0.25) is 4.79 Å². The van der Waals surface area contributed by atoms with Crippen LogP contribution in [0.3, 0.4) is 0 Å². The molecule has 2 fully saturated rings. The molecule has 16 nitrogen and oxygen atoms in total. The van der Waals surface area contributed by atoms with Crippen molar-refractivity contribution in [2.24, 2.45) is 10.2 Å². The van der Waals surface area contributed by atoms with E-state index in [0.717, 1.165) is 24.3 Å². The number of benzene rings is 1. The molecular weight excluding hydrogens is 595 g/mol. The zero-order valence-corrected chi connectivity index (χ0v) is 22.1. The summed E-state index contributed by atoms with van der Waals surface area (Å²) in [6.45, 7) is -2.54. The van der Waals surface area contributed by atoms with Crippen LogP contribution in [0.4, 0.5) is 13.2 Å². The van der Waals surface area contributed by atoms with E-state index in [4.69, 9.17) is 18.9 Å². The lowest BCUT2D eigenvalue weighted by Crippen LogP contribution is -2.61. The third-order valence-electron chi connectivity index (χ3n) is 7.24. The molecule has 19 heteroatoms. The van der Waals surface area contributed by atoms with Crippen molar-refractivity contribution in [3.05, 3.63) is 35.4 Å². The van der Waals surface area contributed by atoms with Crippen LogP contribution in [-0.4, -0.2) is 147 Å². The number of aliphatic hydroxyl groups is 8. The molecule has 1 aromatic rings. The molecule has 0 spiro atoms. The van der Waals surface area contributed by atoms with Crippen LogP contribution in [-0.2, 0) is 24.6 Å². The Hall–Kier alpha value is -2.40. The van der Waals surface area contributed by atoms with Gasteiger partial charge in [-0.15, -0.1) is 10.2 Å². The van der Waals surface area contributed by atoms with Gasteiger partial charge in [0, 0.05) is 11.1 Å². The molecule has 0 radical (unpaired) electrons. The van der Waals surface area contributed by atoms with Crippen molar-refractivity contribution in [2.45, 2.75) is 79.3 Å². The molecule has 4 rings (SSSR count). The third kappa shape index (κ3) is 6.97. The summed E-state index contributed by atoms with van der Waals surface area (Å²) < 4.78 is 61.2. The highest BCUT2D eigenvalue weighted by atomic mass is 19.4. The van der Waals surface area contributed by atoms with E-state index in [-0.39, 0.29) is 11.1 Å². The average molecular weight is 628 g/mol. The lowest BCUT2D eigenvalue weighted by Gasteiger charge is -2.41. The Bertz CT molecular complexity index is 1080. The summed E-state index contributed by atoms with van der Waals surface area (Å²) in [4.78, 5) is 13.0. The number of rotatable bonds is 11. The Labute approximate surface area is 240 Å². The second-order valence-corrected chi connectivity index (χ2v) is 10.2. The fraction of sp³-hybridized carbons (Fsp3) is 0.708. The largest absolute Gasteiger partial charge is 0.442 e. The highest BCUT2D eigenvalue weighted by Gasteiger charge is 2.65. The van der Waals surface area contributed by atoms with E-state index >= 15 is 0 Å². The maximum Gasteiger partial charge on any atom is 0.442 e. The number of ether oxygens (including phenoxy) is 4. The van der Waals surface area contributed by atoms with Gasteiger partial charge in [0.1, 0.15) is 48.8 Å². The highest BCUT2D eigenvalue weighted by Crippen LogP contribution is 2.52. The smallest absolute Gasteiger partial charge is 0.394 e. The van der Waals surface area contributed by atoms with Gasteiger partial charge in [-0.25, -0.2) is 0 Å². The molecule has 242 valence electrons. The van der Waals surface area contributed by atoms with Gasteiger partial charge in [0.15, 0.2) is 12.6 Å². The zero-order chi connectivity index (χ0) is 31.7. The van der Waals surface area contributed by atoms with Crippen molar-refractivity contribution in [1.82, 2.24) is 5.32 Å². The Balaban J connectivity index is 1.48. The minimum atomic E-state index is -4.77. The predicted octanol–water partition coefficient (Wildman–Crippen LogP) is -3.40. The van der Waals surface area contributed by atoms with Gasteiger partial charge < -0.3 is 65.1 Å². The van der Waals surface area contributed by atoms with Gasteiger partial charge in [-0.1, -0.05) is 12.1 Å². The molecule has 43 heavy (non-hydrogen) atoms. The molecule has 11 atom stereocenters. The van der Waals surface area contributed by atoms with Crippen molar-refractivity contribution in [3.8, 4) is 0 Å². The number of aliphatic hydroxyl groups excluding tert-OH is 8. The number of amides is 1. The Morgan fingerprint density at radius 2 is 1.28 bits per heavy atom. The number of carbonyl (C=O) groups excluding carboxylic acids is 1. The first kappa shape index (κ1) is 33.5. The molecule has 1 amide bonds. The van der Waals surface area contributed by atoms with Crippen LogP contribution >= 0.6 is 0 Å². The topological polar surface area (TPSA) is 253 Å². The number of nitrogens with one attached hydrogen (secondary N) is 1. The Morgan fingerprint density at radius 3 is 1.65 bits per heavy atom. The van der Waals surface area contributed by atoms with E-state index in [1.54, 1.807) is 0 Å². The summed E-state index contributed by atoms with van der Waals surface area (Å²) in [6.07, 6.45) is -21.0. The van der Waals surface area contributed by atoms with E-state index in [1.807, 2.05) is 0 Å². The molecule has 3 aliphatic rings. The minimum Gasteiger partial charge on any atom is -0.394 e. The van der Waals surface area contributed by atoms with E-state index in [1.165, 1.54) is 0 Å². The van der Waals surface area contributed by atoms with Crippen LogP contribution in [0.5, 0.6) is 0 Å². The quantitative estimate of drug-likeness (QED) is 0.116. The van der Waals surface area contributed by atoms with Gasteiger partial charge in [0.25, 0.3) is 5.91 Å². The summed E-state index contributed by atoms with van der Waals surface area (Å²) in [5.74, 6) is -0.835. The zero-order valence-electron chi connectivity index (χ0n) is 22.1. The van der Waals surface area contributed by atoms with Crippen LogP contribution in [0.15, 0.2) is 34.5 Å². The Morgan fingerprint density at radius 1 is 0.837 bits per heavy atom. The summed E-state index contributed by atoms with van der Waals surface area (Å²) in [7, 11) is 0. The Kier molecular flexibility index (Phi) is 10.4. The second-order valence-electron chi connectivity index (χ2n) is 10.2. The van der Waals surface area contributed by atoms with Crippen molar-refractivity contribution in [3.63, 3.8) is 0 Å². The lowest BCUT2D eigenvalue weighted by atomic mass is 9.99. The van der Waals surface area contributed by atoms with Crippen molar-refractivity contribution in [1.29, 1.82) is 0 Å². The molecule has 1 aromatic carbocycles. The monoisotopic (exact) mass is 627 g/mol. The third-order valence-corrected chi connectivity index (χ3v) is 7.24. The van der Waals surface area contributed by atoms with E-state index in [9.17, 15) is 58.8 Å². The van der Waals surface area contributed by atoms with Gasteiger partial charge in [-0.05, 0) is 12.1 Å². The first-order valence-electron chi connectivity index (χ1n) is 13.0. The van der Waals surface area contributed by atoms with Gasteiger partial charge >= 0.3 is 11.8 Å². The average Bonchev–Trinajstić information content (AvgIpc) is 3.80. The van der Waals surface area contributed by atoms with E-state index in [0.29, 0.717) is 0 Å². The fourth-order valence-electron chi connectivity index (χ4n) is 4.70. The molecule has 1 unspecified atom stereocenters. The SMILES string of the molecule is O=C(NC(CO[C@@H]1[C@@H](O)[C@@H](O)[C@@H](O)O[C@@H]1CO)CO[C@H]1[C@@H](O)[C@@H](O)[C@@H](O)O[C@@H]1CO)c1ccc(C2(C(F)(F)F)N=N2)cc1. The van der Waals surface area contributed by atoms with Crippen LogP contribution in [0.1, 0.15) is 15.9 Å². The number of nitrogens with zero attached hydrogens (tertiary/aromatic N) is 2. The lowest BCUT2D eigenvalue weighted by molar-refractivity contribution is -0.299. The molecule has 0 bridgehead atoms. The standard InChI is InChI=1S/C24H32F3N3O13/c25-24(26,27)23(29-30-23)10-3-1-9(2-4-10)20(37)28-11(7-40-18-12(5-31)42-21(38)16(35)14(18)33)8-41-19-13(6-32)43-22(39)17(36)15(19)34/h1-4,11-19,21-22,31-36,38-39H,5-8H2,(H,28,37)/t11?,12-,13-,14+,15+,16-,17-,18-,19+,21+,22+/m1/s1. The molecule has 3 heterocycles. The first-order chi connectivity index (χ1) is 20.2.